The lowest BCUT2D eigenvalue weighted by Gasteiger charge is -2.33. The van der Waals surface area contributed by atoms with Gasteiger partial charge in [-0.15, -0.1) is 0 Å². The van der Waals surface area contributed by atoms with Gasteiger partial charge in [0, 0.05) is 49.3 Å². The second-order valence-electron chi connectivity index (χ2n) is 5.54. The van der Waals surface area contributed by atoms with Gasteiger partial charge in [-0.25, -0.2) is 5.84 Å². The zero-order valence-corrected chi connectivity index (χ0v) is 13.7. The second-order valence-corrected chi connectivity index (χ2v) is 5.54. The van der Waals surface area contributed by atoms with Crippen LogP contribution >= 0.6 is 0 Å². The van der Waals surface area contributed by atoms with E-state index in [0.29, 0.717) is 0 Å². The van der Waals surface area contributed by atoms with Crippen LogP contribution in [0.2, 0.25) is 0 Å². The summed E-state index contributed by atoms with van der Waals surface area (Å²) in [6.07, 6.45) is 12.0. The van der Waals surface area contributed by atoms with Crippen molar-refractivity contribution in [2.45, 2.75) is 12.0 Å². The van der Waals surface area contributed by atoms with Crippen LogP contribution in [0.5, 0.6) is 0 Å². The molecule has 1 unspecified atom stereocenters. The van der Waals surface area contributed by atoms with Gasteiger partial charge in [-0.2, -0.15) is 0 Å². The molecule has 3 rings (SSSR count). The molecular weight excluding hydrogens is 312 g/mol. The van der Waals surface area contributed by atoms with Gasteiger partial charge in [0.05, 0.1) is 11.7 Å². The molecule has 0 saturated heterocycles. The number of pyridine rings is 3. The maximum Gasteiger partial charge on any atom is 0.0976 e. The molecule has 0 aromatic carbocycles. The van der Waals surface area contributed by atoms with E-state index in [-0.39, 0.29) is 12.0 Å². The van der Waals surface area contributed by atoms with Crippen LogP contribution in [0, 0.1) is 0 Å². The lowest BCUT2D eigenvalue weighted by molar-refractivity contribution is 0.258. The summed E-state index contributed by atoms with van der Waals surface area (Å²) < 4.78 is 0. The molecule has 3 heterocycles. The molecule has 4 N–H and O–H groups in total. The van der Waals surface area contributed by atoms with E-state index >= 15 is 0 Å². The normalized spacial score (nSPS) is 12.4. The predicted octanol–water partition coefficient (Wildman–Crippen LogP) is 2.35. The number of aromatic nitrogens is 3. The van der Waals surface area contributed by atoms with Crippen molar-refractivity contribution in [2.75, 3.05) is 0 Å². The van der Waals surface area contributed by atoms with Gasteiger partial charge >= 0.3 is 0 Å². The maximum absolute atomic E-state index is 6.32. The van der Waals surface area contributed by atoms with Gasteiger partial charge < -0.3 is 10.7 Å². The first-order chi connectivity index (χ1) is 12.3. The van der Waals surface area contributed by atoms with E-state index in [4.69, 9.17) is 11.6 Å². The first-order valence-corrected chi connectivity index (χ1v) is 7.93. The molecule has 0 aliphatic rings. The van der Waals surface area contributed by atoms with Gasteiger partial charge in [-0.3, -0.25) is 15.0 Å². The third-order valence-electron chi connectivity index (χ3n) is 3.97. The third-order valence-corrected chi connectivity index (χ3v) is 3.97. The van der Waals surface area contributed by atoms with Crippen molar-refractivity contribution >= 4 is 0 Å². The second kappa shape index (κ2) is 8.03. The Balaban J connectivity index is 2.16. The molecular formula is C19H20N6. The fourth-order valence-corrected chi connectivity index (χ4v) is 2.92. The molecule has 0 spiro atoms. The monoisotopic (exact) mass is 332 g/mol. The van der Waals surface area contributed by atoms with Crippen molar-refractivity contribution in [3.05, 3.63) is 103 Å². The van der Waals surface area contributed by atoms with Crippen LogP contribution < -0.4 is 11.6 Å². The molecule has 6 nitrogen and oxygen atoms in total. The van der Waals surface area contributed by atoms with Crippen LogP contribution in [0.15, 0.2) is 85.8 Å². The number of nitrogens with two attached hydrogens (primary N) is 2. The zero-order valence-electron chi connectivity index (χ0n) is 13.7. The van der Waals surface area contributed by atoms with Crippen molar-refractivity contribution in [3.8, 4) is 0 Å². The largest absolute Gasteiger partial charge is 0.403 e. The summed E-state index contributed by atoms with van der Waals surface area (Å²) in [6.45, 7) is 0. The highest BCUT2D eigenvalue weighted by Crippen LogP contribution is 2.38. The highest BCUT2D eigenvalue weighted by Gasteiger charge is 2.30. The predicted molar refractivity (Wildman–Crippen MR) is 96.6 cm³/mol. The summed E-state index contributed by atoms with van der Waals surface area (Å²) in [6, 6.07) is 13.4. The standard InChI is InChI=1S/C19H20N6/c20-8-12-25(21)19(17-7-1-2-11-24-17)18(15-5-3-9-22-13-15)16-6-4-10-23-14-16/h1-14,18-19H,20-21H2/b12-8-. The number of hydrazine groups is 1. The smallest absolute Gasteiger partial charge is 0.0976 e. The van der Waals surface area contributed by atoms with Crippen molar-refractivity contribution < 1.29 is 0 Å². The van der Waals surface area contributed by atoms with E-state index in [1.54, 1.807) is 29.8 Å². The third kappa shape index (κ3) is 3.81. The summed E-state index contributed by atoms with van der Waals surface area (Å²) in [5, 5.41) is 1.58. The fraction of sp³-hybridized carbons (Fsp3) is 0.105. The molecule has 0 amide bonds. The molecule has 0 bridgehead atoms. The van der Waals surface area contributed by atoms with Gasteiger partial charge in [-0.1, -0.05) is 18.2 Å². The summed E-state index contributed by atoms with van der Waals surface area (Å²) in [4.78, 5) is 13.1. The number of nitrogens with zero attached hydrogens (tertiary/aromatic N) is 4. The summed E-state index contributed by atoms with van der Waals surface area (Å²) in [5.41, 5.74) is 8.45. The molecule has 0 radical (unpaired) electrons. The van der Waals surface area contributed by atoms with E-state index in [9.17, 15) is 0 Å². The summed E-state index contributed by atoms with van der Waals surface area (Å²) >= 11 is 0. The van der Waals surface area contributed by atoms with Crippen LogP contribution in [0.4, 0.5) is 0 Å². The molecule has 0 aliphatic carbocycles. The summed E-state index contributed by atoms with van der Waals surface area (Å²) in [7, 11) is 0. The Morgan fingerprint density at radius 1 is 0.880 bits per heavy atom. The van der Waals surface area contributed by atoms with Crippen molar-refractivity contribution in [3.63, 3.8) is 0 Å². The Bertz CT molecular complexity index is 752. The number of hydrogen-bond acceptors (Lipinski definition) is 6. The van der Waals surface area contributed by atoms with Gasteiger partial charge in [0.2, 0.25) is 0 Å². The SMILES string of the molecule is N/C=C\N(N)C(c1ccccn1)C(c1cccnc1)c1cccnc1. The van der Waals surface area contributed by atoms with Crippen LogP contribution in [0.25, 0.3) is 0 Å². The lowest BCUT2D eigenvalue weighted by Crippen LogP contribution is -2.35. The van der Waals surface area contributed by atoms with Crippen LogP contribution in [-0.2, 0) is 0 Å². The van der Waals surface area contributed by atoms with Crippen LogP contribution in [0.1, 0.15) is 28.8 Å². The zero-order chi connectivity index (χ0) is 17.5. The van der Waals surface area contributed by atoms with Crippen LogP contribution in [0.3, 0.4) is 0 Å². The Morgan fingerprint density at radius 3 is 2.04 bits per heavy atom. The molecule has 126 valence electrons. The Labute approximate surface area is 146 Å². The van der Waals surface area contributed by atoms with E-state index in [2.05, 4.69) is 15.0 Å². The maximum atomic E-state index is 6.32. The average Bonchev–Trinajstić information content (AvgIpc) is 2.68. The van der Waals surface area contributed by atoms with Gasteiger partial charge in [0.1, 0.15) is 0 Å². The number of hydrogen-bond donors (Lipinski definition) is 2. The topological polar surface area (TPSA) is 94.0 Å². The minimum Gasteiger partial charge on any atom is -0.403 e. The van der Waals surface area contributed by atoms with Crippen molar-refractivity contribution in [1.82, 2.24) is 20.0 Å². The van der Waals surface area contributed by atoms with Gasteiger partial charge in [0.25, 0.3) is 0 Å². The molecule has 25 heavy (non-hydrogen) atoms. The van der Waals surface area contributed by atoms with E-state index in [1.165, 1.54) is 6.20 Å². The van der Waals surface area contributed by atoms with E-state index < -0.39 is 0 Å². The van der Waals surface area contributed by atoms with Crippen molar-refractivity contribution in [1.29, 1.82) is 0 Å². The van der Waals surface area contributed by atoms with Crippen LogP contribution in [-0.4, -0.2) is 20.0 Å². The van der Waals surface area contributed by atoms with E-state index in [0.717, 1.165) is 16.8 Å². The molecule has 3 aromatic rings. The molecule has 0 saturated carbocycles. The highest BCUT2D eigenvalue weighted by molar-refractivity contribution is 5.34. The Hall–Kier alpha value is -3.25. The quantitative estimate of drug-likeness (QED) is 0.531. The number of rotatable bonds is 6. The molecule has 6 heteroatoms. The lowest BCUT2D eigenvalue weighted by atomic mass is 9.84. The minimum absolute atomic E-state index is 0.113. The minimum atomic E-state index is -0.269. The van der Waals surface area contributed by atoms with E-state index in [1.807, 2.05) is 54.9 Å². The summed E-state index contributed by atoms with van der Waals surface area (Å²) in [5.74, 6) is 6.21. The molecule has 3 aromatic heterocycles. The molecule has 0 aliphatic heterocycles. The van der Waals surface area contributed by atoms with Gasteiger partial charge in [0.15, 0.2) is 0 Å². The Kier molecular flexibility index (Phi) is 5.33. The highest BCUT2D eigenvalue weighted by atomic mass is 15.4. The molecule has 1 atom stereocenters. The van der Waals surface area contributed by atoms with Gasteiger partial charge in [-0.05, 0) is 35.4 Å². The Morgan fingerprint density at radius 2 is 1.56 bits per heavy atom. The molecule has 0 fully saturated rings. The fourth-order valence-electron chi connectivity index (χ4n) is 2.92. The average molecular weight is 332 g/mol. The van der Waals surface area contributed by atoms with Crippen molar-refractivity contribution in [2.24, 2.45) is 11.6 Å². The first-order valence-electron chi connectivity index (χ1n) is 7.93. The first kappa shape index (κ1) is 16.6.